The number of carbonyl (C=O) groups excluding carboxylic acids is 1. The van der Waals surface area contributed by atoms with Crippen LogP contribution in [-0.2, 0) is 6.54 Å². The zero-order chi connectivity index (χ0) is 17.1. The molecule has 0 fully saturated rings. The van der Waals surface area contributed by atoms with E-state index in [1.54, 1.807) is 37.4 Å². The number of ether oxygens (including phenoxy) is 1. The topological polar surface area (TPSA) is 42.4 Å². The molecule has 0 saturated heterocycles. The molecule has 0 N–H and O–H groups in total. The largest absolute Gasteiger partial charge is 0.496 e. The molecule has 0 atom stereocenters. The maximum Gasteiger partial charge on any atom is 0.254 e. The first kappa shape index (κ1) is 16.3. The summed E-state index contributed by atoms with van der Waals surface area (Å²) in [7, 11) is 3.36. The Morgan fingerprint density at radius 1 is 1.21 bits per heavy atom. The van der Waals surface area contributed by atoms with Gasteiger partial charge in [0.2, 0.25) is 0 Å². The molecule has 3 aromatic rings. The van der Waals surface area contributed by atoms with Crippen molar-refractivity contribution in [2.45, 2.75) is 6.54 Å². The van der Waals surface area contributed by atoms with Crippen molar-refractivity contribution in [2.24, 2.45) is 0 Å². The Morgan fingerprint density at radius 2 is 2.04 bits per heavy atom. The van der Waals surface area contributed by atoms with Gasteiger partial charge in [-0.3, -0.25) is 9.78 Å². The van der Waals surface area contributed by atoms with Crippen LogP contribution in [0, 0.1) is 0 Å². The fourth-order valence-corrected chi connectivity index (χ4v) is 2.89. The average molecular weight is 341 g/mol. The molecule has 122 valence electrons. The highest BCUT2D eigenvalue weighted by Crippen LogP contribution is 2.25. The van der Waals surface area contributed by atoms with Gasteiger partial charge in [-0.05, 0) is 36.4 Å². The van der Waals surface area contributed by atoms with Gasteiger partial charge in [-0.25, -0.2) is 0 Å². The maximum absolute atomic E-state index is 12.9. The SMILES string of the molecule is COc1ccc(Cl)cc1CN(C)C(=O)c1cccc2ncccc12. The van der Waals surface area contributed by atoms with Gasteiger partial charge in [0.1, 0.15) is 5.75 Å². The Labute approximate surface area is 145 Å². The molecule has 2 aromatic carbocycles. The van der Waals surface area contributed by atoms with Crippen LogP contribution in [0.4, 0.5) is 0 Å². The van der Waals surface area contributed by atoms with E-state index < -0.39 is 0 Å². The molecule has 0 bridgehead atoms. The van der Waals surface area contributed by atoms with Crippen molar-refractivity contribution >= 4 is 28.4 Å². The molecule has 1 amide bonds. The predicted octanol–water partition coefficient (Wildman–Crippen LogP) is 4.17. The Bertz CT molecular complexity index is 890. The van der Waals surface area contributed by atoms with Gasteiger partial charge in [0, 0.05) is 41.3 Å². The molecule has 4 nitrogen and oxygen atoms in total. The van der Waals surface area contributed by atoms with Crippen molar-refractivity contribution < 1.29 is 9.53 Å². The highest BCUT2D eigenvalue weighted by atomic mass is 35.5. The summed E-state index contributed by atoms with van der Waals surface area (Å²) >= 11 is 6.06. The van der Waals surface area contributed by atoms with Crippen LogP contribution in [0.5, 0.6) is 5.75 Å². The monoisotopic (exact) mass is 340 g/mol. The van der Waals surface area contributed by atoms with E-state index in [0.717, 1.165) is 16.5 Å². The first-order valence-electron chi connectivity index (χ1n) is 7.52. The minimum absolute atomic E-state index is 0.0735. The van der Waals surface area contributed by atoms with Gasteiger partial charge in [-0.2, -0.15) is 0 Å². The third-order valence-corrected chi connectivity index (χ3v) is 4.11. The quantitative estimate of drug-likeness (QED) is 0.716. The second kappa shape index (κ2) is 6.89. The van der Waals surface area contributed by atoms with Gasteiger partial charge in [-0.1, -0.05) is 23.7 Å². The lowest BCUT2D eigenvalue weighted by atomic mass is 10.1. The van der Waals surface area contributed by atoms with E-state index in [-0.39, 0.29) is 5.91 Å². The third kappa shape index (κ3) is 3.19. The third-order valence-electron chi connectivity index (χ3n) is 3.87. The molecule has 0 spiro atoms. The molecular formula is C19H17ClN2O2. The average Bonchev–Trinajstić information content (AvgIpc) is 2.61. The van der Waals surface area contributed by atoms with Gasteiger partial charge in [0.15, 0.2) is 0 Å². The van der Waals surface area contributed by atoms with E-state index >= 15 is 0 Å². The van der Waals surface area contributed by atoms with Crippen molar-refractivity contribution in [1.29, 1.82) is 0 Å². The van der Waals surface area contributed by atoms with Crippen molar-refractivity contribution in [2.75, 3.05) is 14.2 Å². The van der Waals surface area contributed by atoms with E-state index in [0.29, 0.717) is 22.9 Å². The number of hydrogen-bond donors (Lipinski definition) is 0. The smallest absolute Gasteiger partial charge is 0.254 e. The molecule has 24 heavy (non-hydrogen) atoms. The van der Waals surface area contributed by atoms with Crippen LogP contribution in [0.25, 0.3) is 10.9 Å². The van der Waals surface area contributed by atoms with E-state index in [1.165, 1.54) is 0 Å². The van der Waals surface area contributed by atoms with E-state index in [9.17, 15) is 4.79 Å². The molecule has 3 rings (SSSR count). The molecule has 0 saturated carbocycles. The highest BCUT2D eigenvalue weighted by molar-refractivity contribution is 6.30. The lowest BCUT2D eigenvalue weighted by Crippen LogP contribution is -2.26. The fraction of sp³-hybridized carbons (Fsp3) is 0.158. The number of nitrogens with zero attached hydrogens (tertiary/aromatic N) is 2. The number of benzene rings is 2. The molecule has 1 aromatic heterocycles. The number of aromatic nitrogens is 1. The van der Waals surface area contributed by atoms with Crippen LogP contribution < -0.4 is 4.74 Å². The molecule has 0 aliphatic rings. The standard InChI is InChI=1S/C19H17ClN2O2/c1-22(12-13-11-14(20)8-9-18(13)24-2)19(23)16-5-3-7-17-15(16)6-4-10-21-17/h3-11H,12H2,1-2H3. The normalized spacial score (nSPS) is 10.6. The number of rotatable bonds is 4. The summed E-state index contributed by atoms with van der Waals surface area (Å²) in [5.41, 5.74) is 2.29. The van der Waals surface area contributed by atoms with Gasteiger partial charge < -0.3 is 9.64 Å². The first-order valence-corrected chi connectivity index (χ1v) is 7.89. The number of hydrogen-bond acceptors (Lipinski definition) is 3. The Morgan fingerprint density at radius 3 is 2.83 bits per heavy atom. The summed E-state index contributed by atoms with van der Waals surface area (Å²) in [6.45, 7) is 0.402. The number of methoxy groups -OCH3 is 1. The molecular weight excluding hydrogens is 324 g/mol. The molecule has 0 aliphatic heterocycles. The van der Waals surface area contributed by atoms with Crippen molar-refractivity contribution in [3.63, 3.8) is 0 Å². The van der Waals surface area contributed by atoms with Gasteiger partial charge >= 0.3 is 0 Å². The summed E-state index contributed by atoms with van der Waals surface area (Å²) < 4.78 is 5.35. The zero-order valence-corrected chi connectivity index (χ0v) is 14.2. The van der Waals surface area contributed by atoms with Gasteiger partial charge in [-0.15, -0.1) is 0 Å². The second-order valence-electron chi connectivity index (χ2n) is 5.49. The number of amides is 1. The number of halogens is 1. The molecule has 5 heteroatoms. The zero-order valence-electron chi connectivity index (χ0n) is 13.5. The number of fused-ring (bicyclic) bond motifs is 1. The predicted molar refractivity (Wildman–Crippen MR) is 95.5 cm³/mol. The van der Waals surface area contributed by atoms with Crippen LogP contribution in [0.2, 0.25) is 5.02 Å². The molecule has 0 radical (unpaired) electrons. The van der Waals surface area contributed by atoms with E-state index in [1.807, 2.05) is 36.4 Å². The minimum atomic E-state index is -0.0735. The van der Waals surface area contributed by atoms with Crippen LogP contribution in [0.15, 0.2) is 54.7 Å². The summed E-state index contributed by atoms with van der Waals surface area (Å²) in [4.78, 5) is 18.8. The van der Waals surface area contributed by atoms with Crippen molar-refractivity contribution in [1.82, 2.24) is 9.88 Å². The van der Waals surface area contributed by atoms with Crippen LogP contribution in [0.1, 0.15) is 15.9 Å². The van der Waals surface area contributed by atoms with Crippen molar-refractivity contribution in [3.8, 4) is 5.75 Å². The molecule has 1 heterocycles. The lowest BCUT2D eigenvalue weighted by molar-refractivity contribution is 0.0786. The minimum Gasteiger partial charge on any atom is -0.496 e. The molecule has 0 aliphatic carbocycles. The van der Waals surface area contributed by atoms with Gasteiger partial charge in [0.05, 0.1) is 12.6 Å². The fourth-order valence-electron chi connectivity index (χ4n) is 2.69. The van der Waals surface area contributed by atoms with E-state index in [4.69, 9.17) is 16.3 Å². The molecule has 0 unspecified atom stereocenters. The first-order chi connectivity index (χ1) is 11.6. The van der Waals surface area contributed by atoms with Crippen LogP contribution in [0.3, 0.4) is 0 Å². The number of pyridine rings is 1. The Balaban J connectivity index is 1.91. The van der Waals surface area contributed by atoms with Crippen LogP contribution >= 0.6 is 11.6 Å². The Kier molecular flexibility index (Phi) is 4.67. The van der Waals surface area contributed by atoms with Gasteiger partial charge in [0.25, 0.3) is 5.91 Å². The summed E-state index contributed by atoms with van der Waals surface area (Å²) in [6.07, 6.45) is 1.72. The Hall–Kier alpha value is -2.59. The van der Waals surface area contributed by atoms with Crippen molar-refractivity contribution in [3.05, 3.63) is 70.9 Å². The van der Waals surface area contributed by atoms with Crippen LogP contribution in [-0.4, -0.2) is 29.9 Å². The second-order valence-corrected chi connectivity index (χ2v) is 5.93. The highest BCUT2D eigenvalue weighted by Gasteiger charge is 2.17. The maximum atomic E-state index is 12.9. The summed E-state index contributed by atoms with van der Waals surface area (Å²) in [5.74, 6) is 0.634. The lowest BCUT2D eigenvalue weighted by Gasteiger charge is -2.20. The van der Waals surface area contributed by atoms with E-state index in [2.05, 4.69) is 4.98 Å². The summed E-state index contributed by atoms with van der Waals surface area (Å²) in [6, 6.07) is 14.7. The summed E-state index contributed by atoms with van der Waals surface area (Å²) in [5, 5.41) is 1.45. The number of carbonyl (C=O) groups is 1.